The van der Waals surface area contributed by atoms with Gasteiger partial charge in [0.25, 0.3) is 11.8 Å². The molecule has 4 amide bonds. The van der Waals surface area contributed by atoms with Gasteiger partial charge in [-0.05, 0) is 49.4 Å². The highest BCUT2D eigenvalue weighted by Gasteiger charge is 2.71. The number of nitrogens with one attached hydrogen (secondary N) is 1. The van der Waals surface area contributed by atoms with E-state index >= 15 is 4.79 Å². The number of rotatable bonds is 7. The van der Waals surface area contributed by atoms with Crippen LogP contribution in [-0.2, 0) is 30.8 Å². The number of hydrazine groups is 1. The average molecular weight is 760 g/mol. The number of halogens is 5. The molecule has 2 aliphatic carbocycles. The van der Waals surface area contributed by atoms with Gasteiger partial charge >= 0.3 is 6.18 Å². The number of nitrogens with zero attached hydrogens (tertiary/aromatic N) is 3. The second kappa shape index (κ2) is 12.7. The molecule has 2 aliphatic heterocycles. The number of hydrogen-bond donors (Lipinski definition) is 2. The molecular weight excluding hydrogens is 728 g/mol. The highest BCUT2D eigenvalue weighted by molar-refractivity contribution is 6.33. The second-order valence-electron chi connectivity index (χ2n) is 13.1. The number of alkyl halides is 3. The molecule has 1 aromatic heterocycles. The van der Waals surface area contributed by atoms with Gasteiger partial charge in [-0.1, -0.05) is 47.0 Å². The highest BCUT2D eigenvalue weighted by Crippen LogP contribution is 2.66. The molecule has 1 saturated carbocycles. The van der Waals surface area contributed by atoms with Crippen LogP contribution in [0.5, 0.6) is 17.2 Å². The van der Waals surface area contributed by atoms with Gasteiger partial charge in [-0.2, -0.15) is 18.2 Å². The maximum atomic E-state index is 15.3. The van der Waals surface area contributed by atoms with E-state index in [0.29, 0.717) is 33.4 Å². The first-order chi connectivity index (χ1) is 24.7. The van der Waals surface area contributed by atoms with Gasteiger partial charge in [-0.25, -0.2) is 4.98 Å². The summed E-state index contributed by atoms with van der Waals surface area (Å²) in [6, 6.07) is 9.73. The Morgan fingerprint density at radius 1 is 1.00 bits per heavy atom. The van der Waals surface area contributed by atoms with Gasteiger partial charge in [-0.3, -0.25) is 29.5 Å². The molecule has 3 fully saturated rings. The normalized spacial score (nSPS) is 26.9. The first-order valence-corrected chi connectivity index (χ1v) is 17.1. The van der Waals surface area contributed by atoms with E-state index in [1.54, 1.807) is 37.3 Å². The van der Waals surface area contributed by atoms with Crippen LogP contribution in [0.4, 0.5) is 19.0 Å². The number of phenolic OH excluding ortho intramolecular Hbond substituents is 1. The Kier molecular flexibility index (Phi) is 8.68. The number of allylic oxidation sites excluding steroid dienone is 2. The molecule has 272 valence electrons. The van der Waals surface area contributed by atoms with Crippen LogP contribution in [0.3, 0.4) is 0 Å². The number of carbonyl (C=O) groups excluding carboxylic acids is 4. The molecule has 2 N–H and O–H groups in total. The lowest BCUT2D eigenvalue weighted by Crippen LogP contribution is -2.53. The maximum Gasteiger partial charge on any atom is 0.417 e. The molecule has 0 radical (unpaired) electrons. The zero-order valence-electron chi connectivity index (χ0n) is 27.8. The maximum absolute atomic E-state index is 15.3. The third-order valence-corrected chi connectivity index (χ3v) is 11.3. The van der Waals surface area contributed by atoms with Crippen molar-refractivity contribution in [1.29, 1.82) is 0 Å². The smallest absolute Gasteiger partial charge is 0.417 e. The Hall–Kier alpha value is -4.82. The summed E-state index contributed by atoms with van der Waals surface area (Å²) in [6.45, 7) is 1.84. The number of aromatic nitrogens is 1. The van der Waals surface area contributed by atoms with Gasteiger partial charge in [0, 0.05) is 41.4 Å². The molecule has 7 rings (SSSR count). The Morgan fingerprint density at radius 2 is 1.71 bits per heavy atom. The van der Waals surface area contributed by atoms with Crippen molar-refractivity contribution in [2.24, 2.45) is 23.7 Å². The molecule has 11 nitrogen and oxygen atoms in total. The van der Waals surface area contributed by atoms with Crippen molar-refractivity contribution in [1.82, 2.24) is 14.9 Å². The topological polar surface area (TPSA) is 138 Å². The van der Waals surface area contributed by atoms with E-state index in [9.17, 15) is 32.7 Å². The van der Waals surface area contributed by atoms with E-state index in [1.165, 1.54) is 31.3 Å². The summed E-state index contributed by atoms with van der Waals surface area (Å²) < 4.78 is 51.5. The van der Waals surface area contributed by atoms with Crippen molar-refractivity contribution < 1.29 is 46.9 Å². The van der Waals surface area contributed by atoms with Crippen molar-refractivity contribution in [2.45, 2.75) is 37.3 Å². The van der Waals surface area contributed by atoms with Gasteiger partial charge in [0.05, 0.1) is 48.0 Å². The molecule has 3 heterocycles. The predicted octanol–water partition coefficient (Wildman–Crippen LogP) is 6.13. The number of likely N-dealkylation sites (tertiary alicyclic amines) is 1. The summed E-state index contributed by atoms with van der Waals surface area (Å²) in [5, 5.41) is 12.3. The zero-order chi connectivity index (χ0) is 37.4. The number of fused-ring (bicyclic) bond motifs is 4. The lowest BCUT2D eigenvalue weighted by Gasteiger charge is -2.50. The summed E-state index contributed by atoms with van der Waals surface area (Å²) in [5.41, 5.74) is 0.558. The van der Waals surface area contributed by atoms with E-state index in [4.69, 9.17) is 32.7 Å². The first-order valence-electron chi connectivity index (χ1n) is 16.3. The minimum atomic E-state index is -4.76. The molecular formula is C36H31Cl2F3N4O7. The van der Waals surface area contributed by atoms with Crippen molar-refractivity contribution in [3.8, 4) is 17.2 Å². The van der Waals surface area contributed by atoms with E-state index in [0.717, 1.165) is 0 Å². The fourth-order valence-electron chi connectivity index (χ4n) is 8.64. The number of ether oxygens (including phenoxy) is 2. The minimum Gasteiger partial charge on any atom is -0.507 e. The number of methoxy groups -OCH3 is 2. The second-order valence-corrected chi connectivity index (χ2v) is 13.9. The van der Waals surface area contributed by atoms with Crippen LogP contribution in [0, 0.1) is 23.7 Å². The average Bonchev–Trinajstić information content (AvgIpc) is 3.49. The van der Waals surface area contributed by atoms with Crippen molar-refractivity contribution in [3.05, 3.63) is 87.0 Å². The van der Waals surface area contributed by atoms with Crippen molar-refractivity contribution in [2.75, 3.05) is 26.2 Å². The third-order valence-electron chi connectivity index (χ3n) is 10.8. The highest BCUT2D eigenvalue weighted by atomic mass is 35.5. The lowest BCUT2D eigenvalue weighted by atomic mass is 9.49. The number of benzene rings is 2. The van der Waals surface area contributed by atoms with Crippen LogP contribution in [0.25, 0.3) is 0 Å². The molecule has 16 heteroatoms. The summed E-state index contributed by atoms with van der Waals surface area (Å²) in [7, 11) is 2.76. The minimum absolute atomic E-state index is 0.0706. The fourth-order valence-corrected chi connectivity index (χ4v) is 8.97. The molecule has 0 spiro atoms. The number of pyridine rings is 1. The molecule has 4 aliphatic rings. The number of amides is 4. The number of aromatic hydroxyl groups is 1. The Labute approximate surface area is 305 Å². The van der Waals surface area contributed by atoms with Gasteiger partial charge in [-0.15, -0.1) is 0 Å². The number of carbonyl (C=O) groups is 4. The van der Waals surface area contributed by atoms with Crippen LogP contribution >= 0.6 is 23.2 Å². The predicted molar refractivity (Wildman–Crippen MR) is 180 cm³/mol. The molecule has 3 aromatic rings. The van der Waals surface area contributed by atoms with Crippen molar-refractivity contribution >= 4 is 52.6 Å². The lowest BCUT2D eigenvalue weighted by molar-refractivity contribution is -0.141. The Morgan fingerprint density at radius 3 is 2.33 bits per heavy atom. The zero-order valence-corrected chi connectivity index (χ0v) is 29.3. The number of hydrogen-bond acceptors (Lipinski definition) is 9. The summed E-state index contributed by atoms with van der Waals surface area (Å²) in [4.78, 5) is 62.4. The van der Waals surface area contributed by atoms with Crippen LogP contribution in [-0.4, -0.2) is 64.4 Å². The number of phenols is 1. The van der Waals surface area contributed by atoms with Crippen LogP contribution < -0.4 is 14.9 Å². The Bertz CT molecular complexity index is 2060. The molecule has 2 saturated heterocycles. The quantitative estimate of drug-likeness (QED) is 0.215. The number of anilines is 1. The van der Waals surface area contributed by atoms with Crippen molar-refractivity contribution in [3.63, 3.8) is 0 Å². The third kappa shape index (κ3) is 5.12. The summed E-state index contributed by atoms with van der Waals surface area (Å²) in [5.74, 6) is -7.48. The van der Waals surface area contributed by atoms with E-state index < -0.39 is 75.3 Å². The molecule has 52 heavy (non-hydrogen) atoms. The van der Waals surface area contributed by atoms with Gasteiger partial charge in [0.2, 0.25) is 11.8 Å². The fraction of sp³-hybridized carbons (Fsp3) is 0.361. The molecule has 0 unspecified atom stereocenters. The largest absolute Gasteiger partial charge is 0.507 e. The van der Waals surface area contributed by atoms with Crippen LogP contribution in [0.2, 0.25) is 10.0 Å². The van der Waals surface area contributed by atoms with Gasteiger partial charge < -0.3 is 14.6 Å². The SMILES string of the molecule is CCN1C(=O)[C@H]2[C@H](CC=C3[C@H]2C[C@H]2C(=O)N(Nc4ncc(C(F)(F)F)cc4Cl)C(=O)[C@@]2(c2ccc(Cl)cc2)[C@H]3c2c(O)cc(OC)cc2OC)C1=O. The summed E-state index contributed by atoms with van der Waals surface area (Å²) >= 11 is 12.5. The van der Waals surface area contributed by atoms with E-state index in [2.05, 4.69) is 10.4 Å². The van der Waals surface area contributed by atoms with Crippen LogP contribution in [0.15, 0.2) is 60.3 Å². The summed E-state index contributed by atoms with van der Waals surface area (Å²) in [6.07, 6.45) is -2.35. The standard InChI is InChI=1S/C36H31Cl2F3N4O7/c1-4-44-31(47)21-10-9-20-22(27(21)33(44)49)14-23-32(48)45(43-30-24(38)11-17(15-42-30)36(39,40)41)34(50)35(23,16-5-7-18(37)8-6-16)29(20)28-25(46)12-19(51-2)13-26(28)52-3/h5-9,11-13,15,21-23,27,29,46H,4,10,14H2,1-3H3,(H,42,43)/t21-,22+,23-,27-,29+,35+/m0/s1. The monoisotopic (exact) mass is 758 g/mol. The molecule has 6 atom stereocenters. The van der Waals surface area contributed by atoms with E-state index in [1.807, 2.05) is 0 Å². The molecule has 0 bridgehead atoms. The van der Waals surface area contributed by atoms with Gasteiger partial charge in [0.15, 0.2) is 5.82 Å². The first kappa shape index (κ1) is 35.6. The number of imide groups is 2. The van der Waals surface area contributed by atoms with Gasteiger partial charge in [0.1, 0.15) is 17.2 Å². The molecule has 2 aromatic carbocycles. The van der Waals surface area contributed by atoms with Crippen LogP contribution in [0.1, 0.15) is 42.4 Å². The van der Waals surface area contributed by atoms with E-state index in [-0.39, 0.29) is 48.1 Å². The Balaban J connectivity index is 1.49.